The molecule has 0 spiro atoms. The molecule has 1 atom stereocenters. The van der Waals surface area contributed by atoms with E-state index in [2.05, 4.69) is 37.4 Å². The third-order valence-corrected chi connectivity index (χ3v) is 8.47. The Bertz CT molecular complexity index is 562. The minimum atomic E-state index is -1.95. The van der Waals surface area contributed by atoms with E-state index in [1.807, 2.05) is 13.0 Å². The Hall–Kier alpha value is -1.43. The van der Waals surface area contributed by atoms with E-state index in [4.69, 9.17) is 14.2 Å². The summed E-state index contributed by atoms with van der Waals surface area (Å²) in [5.41, 5.74) is 0. The number of ether oxygens (including phenoxy) is 3. The molecule has 1 fully saturated rings. The van der Waals surface area contributed by atoms with Crippen LogP contribution in [0.1, 0.15) is 32.6 Å². The molecule has 25 heavy (non-hydrogen) atoms. The number of rotatable bonds is 8. The summed E-state index contributed by atoms with van der Waals surface area (Å²) in [4.78, 5) is 12.1. The molecule has 0 bridgehead atoms. The van der Waals surface area contributed by atoms with Crippen molar-refractivity contribution in [2.45, 2.75) is 52.0 Å². The molecule has 0 aromatic heterocycles. The lowest BCUT2D eigenvalue weighted by molar-refractivity contribution is -0.161. The van der Waals surface area contributed by atoms with Crippen LogP contribution < -0.4 is 5.19 Å². The second kappa shape index (κ2) is 9.90. The molecule has 4 nitrogen and oxygen atoms in total. The van der Waals surface area contributed by atoms with Crippen LogP contribution in [0.5, 0.6) is 0 Å². The molecule has 1 saturated heterocycles. The van der Waals surface area contributed by atoms with E-state index in [1.165, 1.54) is 5.19 Å². The standard InChI is InChI=1S/C20H30O4Si/c1-4-22-19(21)16-18(13-15-24-20-12-8-9-14-23-20)25(2,3)17-10-6-5-7-11-17/h5-7,10-11,16,20H,4,8-9,12-15H2,1-3H3/b18-16+. The van der Waals surface area contributed by atoms with Crippen molar-refractivity contribution in [2.75, 3.05) is 19.8 Å². The highest BCUT2D eigenvalue weighted by molar-refractivity contribution is 6.95. The van der Waals surface area contributed by atoms with Gasteiger partial charge in [0.25, 0.3) is 0 Å². The van der Waals surface area contributed by atoms with Gasteiger partial charge in [-0.1, -0.05) is 53.8 Å². The van der Waals surface area contributed by atoms with Crippen LogP contribution in [0.4, 0.5) is 0 Å². The van der Waals surface area contributed by atoms with Crippen molar-refractivity contribution in [2.24, 2.45) is 0 Å². The molecule has 1 aromatic rings. The lowest BCUT2D eigenvalue weighted by Gasteiger charge is -2.28. The van der Waals surface area contributed by atoms with Gasteiger partial charge in [0.1, 0.15) is 8.07 Å². The molecule has 1 unspecified atom stereocenters. The fourth-order valence-electron chi connectivity index (χ4n) is 3.07. The summed E-state index contributed by atoms with van der Waals surface area (Å²) in [5.74, 6) is -0.261. The van der Waals surface area contributed by atoms with Crippen molar-refractivity contribution in [3.63, 3.8) is 0 Å². The Morgan fingerprint density at radius 2 is 2.04 bits per heavy atom. The van der Waals surface area contributed by atoms with Gasteiger partial charge in [-0.25, -0.2) is 4.79 Å². The number of hydrogen-bond donors (Lipinski definition) is 0. The molecule has 0 aliphatic carbocycles. The van der Waals surface area contributed by atoms with E-state index >= 15 is 0 Å². The molecule has 0 N–H and O–H groups in total. The number of carbonyl (C=O) groups excluding carboxylic acids is 1. The van der Waals surface area contributed by atoms with Crippen molar-refractivity contribution >= 4 is 19.2 Å². The first kappa shape index (κ1) is 19.9. The number of benzene rings is 1. The van der Waals surface area contributed by atoms with Gasteiger partial charge in [-0.2, -0.15) is 0 Å². The molecular weight excluding hydrogens is 332 g/mol. The first-order valence-corrected chi connectivity index (χ1v) is 12.2. The normalized spacial score (nSPS) is 18.8. The lowest BCUT2D eigenvalue weighted by Crippen LogP contribution is -2.44. The van der Waals surface area contributed by atoms with Crippen molar-refractivity contribution < 1.29 is 19.0 Å². The molecule has 5 heteroatoms. The van der Waals surface area contributed by atoms with E-state index in [0.717, 1.165) is 37.5 Å². The Morgan fingerprint density at radius 3 is 2.68 bits per heavy atom. The van der Waals surface area contributed by atoms with Gasteiger partial charge < -0.3 is 14.2 Å². The van der Waals surface area contributed by atoms with Gasteiger partial charge >= 0.3 is 5.97 Å². The van der Waals surface area contributed by atoms with Gasteiger partial charge in [0.15, 0.2) is 6.29 Å². The van der Waals surface area contributed by atoms with Crippen molar-refractivity contribution in [1.29, 1.82) is 0 Å². The first-order valence-electron chi connectivity index (χ1n) is 9.20. The summed E-state index contributed by atoms with van der Waals surface area (Å²) in [6.45, 7) is 8.10. The maximum absolute atomic E-state index is 12.1. The Labute approximate surface area is 152 Å². The molecule has 2 rings (SSSR count). The first-order chi connectivity index (χ1) is 12.0. The fourth-order valence-corrected chi connectivity index (χ4v) is 5.68. The topological polar surface area (TPSA) is 44.8 Å². The van der Waals surface area contributed by atoms with E-state index in [-0.39, 0.29) is 12.3 Å². The SMILES string of the molecule is CCOC(=O)/C=C(\CCOC1CCCCO1)[Si](C)(C)c1ccccc1. The van der Waals surface area contributed by atoms with Crippen LogP contribution in [0.3, 0.4) is 0 Å². The zero-order valence-corrected chi connectivity index (χ0v) is 16.6. The highest BCUT2D eigenvalue weighted by atomic mass is 28.3. The molecule has 0 saturated carbocycles. The zero-order valence-electron chi connectivity index (χ0n) is 15.6. The third kappa shape index (κ3) is 6.10. The number of esters is 1. The van der Waals surface area contributed by atoms with E-state index in [0.29, 0.717) is 13.2 Å². The van der Waals surface area contributed by atoms with Crippen LogP contribution in [0, 0.1) is 0 Å². The monoisotopic (exact) mass is 362 g/mol. The summed E-state index contributed by atoms with van der Waals surface area (Å²) in [7, 11) is -1.95. The smallest absolute Gasteiger partial charge is 0.330 e. The summed E-state index contributed by atoms with van der Waals surface area (Å²) in [6, 6.07) is 10.4. The maximum atomic E-state index is 12.1. The van der Waals surface area contributed by atoms with Crippen LogP contribution in [-0.2, 0) is 19.0 Å². The quantitative estimate of drug-likeness (QED) is 0.403. The molecule has 138 valence electrons. The van der Waals surface area contributed by atoms with E-state index < -0.39 is 8.07 Å². The third-order valence-electron chi connectivity index (χ3n) is 4.69. The molecule has 0 radical (unpaired) electrons. The molecule has 0 amide bonds. The number of hydrogen-bond acceptors (Lipinski definition) is 4. The van der Waals surface area contributed by atoms with Crippen molar-refractivity contribution in [1.82, 2.24) is 0 Å². The summed E-state index contributed by atoms with van der Waals surface area (Å²) in [5, 5.41) is 2.45. The Morgan fingerprint density at radius 1 is 1.28 bits per heavy atom. The molecule has 1 aliphatic heterocycles. The van der Waals surface area contributed by atoms with Gasteiger partial charge in [0, 0.05) is 12.7 Å². The van der Waals surface area contributed by atoms with E-state index in [1.54, 1.807) is 6.08 Å². The minimum Gasteiger partial charge on any atom is -0.463 e. The molecular formula is C20H30O4Si. The average molecular weight is 363 g/mol. The van der Waals surface area contributed by atoms with Crippen LogP contribution in [-0.4, -0.2) is 40.2 Å². The Kier molecular flexibility index (Phi) is 7.87. The highest BCUT2D eigenvalue weighted by Crippen LogP contribution is 2.21. The summed E-state index contributed by atoms with van der Waals surface area (Å²) < 4.78 is 16.7. The highest BCUT2D eigenvalue weighted by Gasteiger charge is 2.29. The second-order valence-electron chi connectivity index (χ2n) is 6.83. The molecule has 1 aromatic carbocycles. The predicted octanol–water partition coefficient (Wildman–Crippen LogP) is 3.56. The van der Waals surface area contributed by atoms with Gasteiger partial charge in [0.05, 0.1) is 13.2 Å². The van der Waals surface area contributed by atoms with Gasteiger partial charge in [-0.05, 0) is 32.6 Å². The van der Waals surface area contributed by atoms with Crippen LogP contribution in [0.2, 0.25) is 13.1 Å². The largest absolute Gasteiger partial charge is 0.463 e. The van der Waals surface area contributed by atoms with Crippen molar-refractivity contribution in [3.8, 4) is 0 Å². The number of carbonyl (C=O) groups is 1. The Balaban J connectivity index is 2.08. The second-order valence-corrected chi connectivity index (χ2v) is 11.3. The van der Waals surface area contributed by atoms with Gasteiger partial charge in [0.2, 0.25) is 0 Å². The van der Waals surface area contributed by atoms with Crippen molar-refractivity contribution in [3.05, 3.63) is 41.6 Å². The molecule has 1 heterocycles. The van der Waals surface area contributed by atoms with Crippen LogP contribution >= 0.6 is 0 Å². The summed E-state index contributed by atoms with van der Waals surface area (Å²) >= 11 is 0. The predicted molar refractivity (Wildman–Crippen MR) is 102 cm³/mol. The lowest BCUT2D eigenvalue weighted by atomic mass is 10.2. The zero-order chi connectivity index (χ0) is 18.1. The van der Waals surface area contributed by atoms with Gasteiger partial charge in [-0.3, -0.25) is 0 Å². The molecule has 1 aliphatic rings. The maximum Gasteiger partial charge on any atom is 0.330 e. The van der Waals surface area contributed by atoms with Gasteiger partial charge in [-0.15, -0.1) is 0 Å². The van der Waals surface area contributed by atoms with Crippen LogP contribution in [0.25, 0.3) is 0 Å². The minimum absolute atomic E-state index is 0.0981. The van der Waals surface area contributed by atoms with E-state index in [9.17, 15) is 4.79 Å². The van der Waals surface area contributed by atoms with Crippen LogP contribution in [0.15, 0.2) is 41.6 Å². The fraction of sp³-hybridized carbons (Fsp3) is 0.550. The average Bonchev–Trinajstić information content (AvgIpc) is 2.62. The summed E-state index contributed by atoms with van der Waals surface area (Å²) in [6.07, 6.45) is 5.54.